The number of amides is 3. The van der Waals surface area contributed by atoms with Crippen LogP contribution in [0.5, 0.6) is 0 Å². The number of nitrogens with one attached hydrogen (secondary N) is 1. The first-order valence-electron chi connectivity index (χ1n) is 12.0. The van der Waals surface area contributed by atoms with Crippen molar-refractivity contribution in [2.45, 2.75) is 45.2 Å². The van der Waals surface area contributed by atoms with E-state index in [2.05, 4.69) is 17.4 Å². The molecule has 2 unspecified atom stereocenters. The second-order valence-electron chi connectivity index (χ2n) is 9.24. The number of nitrogens with zero attached hydrogens (tertiary/aromatic N) is 3. The first kappa shape index (κ1) is 25.2. The molecule has 0 bridgehead atoms. The van der Waals surface area contributed by atoms with Crippen LogP contribution < -0.4 is 5.32 Å². The molecule has 1 aromatic rings. The van der Waals surface area contributed by atoms with Gasteiger partial charge in [0.05, 0.1) is 6.04 Å². The Labute approximate surface area is 197 Å². The van der Waals surface area contributed by atoms with Crippen LogP contribution in [0.3, 0.4) is 0 Å². The summed E-state index contributed by atoms with van der Waals surface area (Å²) in [7, 11) is 1.48. The Balaban J connectivity index is 1.80. The third-order valence-electron chi connectivity index (χ3n) is 6.51. The maximum absolute atomic E-state index is 13.5. The first-order valence-corrected chi connectivity index (χ1v) is 12.0. The molecule has 2 aliphatic rings. The van der Waals surface area contributed by atoms with Crippen molar-refractivity contribution in [3.8, 4) is 0 Å². The average molecular weight is 459 g/mol. The number of rotatable bonds is 8. The zero-order valence-electron chi connectivity index (χ0n) is 20.2. The van der Waals surface area contributed by atoms with E-state index >= 15 is 0 Å². The second-order valence-corrected chi connectivity index (χ2v) is 9.24. The number of methoxy groups -OCH3 is 1. The topological polar surface area (TPSA) is 82.2 Å². The maximum atomic E-state index is 13.5. The first-order chi connectivity index (χ1) is 15.9. The number of likely N-dealkylation sites (tertiary alicyclic amines) is 1. The summed E-state index contributed by atoms with van der Waals surface area (Å²) in [6.07, 6.45) is 2.09. The van der Waals surface area contributed by atoms with Gasteiger partial charge in [-0.2, -0.15) is 0 Å². The van der Waals surface area contributed by atoms with E-state index in [1.54, 1.807) is 4.90 Å². The fraction of sp³-hybridized carbons (Fsp3) is 0.640. The van der Waals surface area contributed by atoms with Crippen molar-refractivity contribution in [1.82, 2.24) is 20.0 Å². The van der Waals surface area contributed by atoms with E-state index in [1.807, 2.05) is 41.8 Å². The van der Waals surface area contributed by atoms with Crippen LogP contribution >= 0.6 is 0 Å². The van der Waals surface area contributed by atoms with Gasteiger partial charge in [-0.25, -0.2) is 0 Å². The fourth-order valence-electron chi connectivity index (χ4n) is 4.73. The quantitative estimate of drug-likeness (QED) is 0.632. The van der Waals surface area contributed by atoms with Crippen LogP contribution in [-0.4, -0.2) is 97.5 Å². The van der Waals surface area contributed by atoms with Gasteiger partial charge in [0.2, 0.25) is 17.7 Å². The molecule has 33 heavy (non-hydrogen) atoms. The van der Waals surface area contributed by atoms with Crippen molar-refractivity contribution in [2.24, 2.45) is 5.92 Å². The summed E-state index contributed by atoms with van der Waals surface area (Å²) in [5.74, 6) is -0.325. The minimum atomic E-state index is -0.560. The molecule has 2 fully saturated rings. The molecule has 182 valence electrons. The van der Waals surface area contributed by atoms with Crippen LogP contribution in [0, 0.1) is 5.92 Å². The standard InChI is InChI=1S/C25H38N4O4/c1-19(2)24(31)28(14-10-20-8-5-4-6-9-20)21-16-22(29(17-21)23(30)18-33-3)25(32)27-13-7-11-26-12-15-27/h4-6,8-9,19,21-22,26H,7,10-18H2,1-3H3. The summed E-state index contributed by atoms with van der Waals surface area (Å²) in [6.45, 7) is 7.60. The molecule has 2 atom stereocenters. The molecule has 0 aliphatic carbocycles. The zero-order valence-corrected chi connectivity index (χ0v) is 20.2. The molecule has 1 N–H and O–H groups in total. The highest BCUT2D eigenvalue weighted by atomic mass is 16.5. The number of carbonyl (C=O) groups excluding carboxylic acids is 3. The summed E-state index contributed by atoms with van der Waals surface area (Å²) in [5, 5.41) is 3.32. The van der Waals surface area contributed by atoms with E-state index < -0.39 is 6.04 Å². The van der Waals surface area contributed by atoms with Crippen LogP contribution in [0.1, 0.15) is 32.3 Å². The number of benzene rings is 1. The van der Waals surface area contributed by atoms with Gasteiger partial charge in [-0.1, -0.05) is 44.2 Å². The molecule has 3 amide bonds. The monoisotopic (exact) mass is 458 g/mol. The summed E-state index contributed by atoms with van der Waals surface area (Å²) < 4.78 is 5.09. The molecular formula is C25H38N4O4. The predicted molar refractivity (Wildman–Crippen MR) is 127 cm³/mol. The lowest BCUT2D eigenvalue weighted by atomic mass is 10.1. The summed E-state index contributed by atoms with van der Waals surface area (Å²) >= 11 is 0. The molecule has 8 heteroatoms. The third kappa shape index (κ3) is 6.54. The van der Waals surface area contributed by atoms with E-state index in [4.69, 9.17) is 4.74 Å². The lowest BCUT2D eigenvalue weighted by molar-refractivity contribution is -0.145. The Bertz CT molecular complexity index is 793. The van der Waals surface area contributed by atoms with Gasteiger partial charge in [-0.3, -0.25) is 14.4 Å². The minimum Gasteiger partial charge on any atom is -0.375 e. The number of ether oxygens (including phenoxy) is 1. The second kappa shape index (κ2) is 12.1. The molecule has 8 nitrogen and oxygen atoms in total. The van der Waals surface area contributed by atoms with E-state index in [0.29, 0.717) is 32.6 Å². The largest absolute Gasteiger partial charge is 0.375 e. The lowest BCUT2D eigenvalue weighted by Crippen LogP contribution is -2.49. The SMILES string of the molecule is COCC(=O)N1CC(N(CCc2ccccc2)C(=O)C(C)C)CC1C(=O)N1CCCNCC1. The highest BCUT2D eigenvalue weighted by Crippen LogP contribution is 2.26. The van der Waals surface area contributed by atoms with Gasteiger partial charge >= 0.3 is 0 Å². The van der Waals surface area contributed by atoms with Crippen molar-refractivity contribution in [3.63, 3.8) is 0 Å². The summed E-state index contributed by atoms with van der Waals surface area (Å²) in [6, 6.07) is 9.33. The van der Waals surface area contributed by atoms with Gasteiger partial charge in [0.1, 0.15) is 12.6 Å². The van der Waals surface area contributed by atoms with Crippen molar-refractivity contribution < 1.29 is 19.1 Å². The van der Waals surface area contributed by atoms with Crippen LogP contribution in [0.15, 0.2) is 30.3 Å². The minimum absolute atomic E-state index is 0.0225. The van der Waals surface area contributed by atoms with Crippen molar-refractivity contribution in [3.05, 3.63) is 35.9 Å². The van der Waals surface area contributed by atoms with Crippen molar-refractivity contribution >= 4 is 17.7 Å². The number of hydrogen-bond donors (Lipinski definition) is 1. The van der Waals surface area contributed by atoms with Crippen LogP contribution in [0.2, 0.25) is 0 Å². The molecule has 2 aliphatic heterocycles. The van der Waals surface area contributed by atoms with E-state index in [-0.39, 0.29) is 36.3 Å². The molecule has 2 heterocycles. The Hall–Kier alpha value is -2.45. The molecule has 3 rings (SSSR count). The van der Waals surface area contributed by atoms with Crippen LogP contribution in [0.4, 0.5) is 0 Å². The highest BCUT2D eigenvalue weighted by Gasteiger charge is 2.44. The fourth-order valence-corrected chi connectivity index (χ4v) is 4.73. The summed E-state index contributed by atoms with van der Waals surface area (Å²) in [4.78, 5) is 44.9. The van der Waals surface area contributed by atoms with Gasteiger partial charge in [0.25, 0.3) is 0 Å². The van der Waals surface area contributed by atoms with Gasteiger partial charge in [-0.15, -0.1) is 0 Å². The Morgan fingerprint density at radius 3 is 2.61 bits per heavy atom. The van der Waals surface area contributed by atoms with Gasteiger partial charge in [-0.05, 0) is 31.4 Å². The molecule has 0 aromatic heterocycles. The molecule has 2 saturated heterocycles. The van der Waals surface area contributed by atoms with Gasteiger partial charge in [0.15, 0.2) is 0 Å². The number of carbonyl (C=O) groups is 3. The predicted octanol–water partition coefficient (Wildman–Crippen LogP) is 1.15. The molecule has 1 aromatic carbocycles. The lowest BCUT2D eigenvalue weighted by Gasteiger charge is -2.30. The van der Waals surface area contributed by atoms with Crippen molar-refractivity contribution in [2.75, 3.05) is 53.0 Å². The van der Waals surface area contributed by atoms with Gasteiger partial charge in [0, 0.05) is 45.8 Å². The van der Waals surface area contributed by atoms with E-state index in [0.717, 1.165) is 31.5 Å². The Morgan fingerprint density at radius 1 is 1.15 bits per heavy atom. The average Bonchev–Trinajstić information content (AvgIpc) is 3.06. The third-order valence-corrected chi connectivity index (χ3v) is 6.51. The van der Waals surface area contributed by atoms with Gasteiger partial charge < -0.3 is 24.8 Å². The Morgan fingerprint density at radius 2 is 1.91 bits per heavy atom. The van der Waals surface area contributed by atoms with E-state index in [9.17, 15) is 14.4 Å². The van der Waals surface area contributed by atoms with Crippen LogP contribution in [-0.2, 0) is 25.5 Å². The maximum Gasteiger partial charge on any atom is 0.249 e. The zero-order chi connectivity index (χ0) is 23.8. The molecule has 0 spiro atoms. The van der Waals surface area contributed by atoms with E-state index in [1.165, 1.54) is 7.11 Å². The summed E-state index contributed by atoms with van der Waals surface area (Å²) in [5.41, 5.74) is 1.16. The molecular weight excluding hydrogens is 420 g/mol. The van der Waals surface area contributed by atoms with Crippen molar-refractivity contribution in [1.29, 1.82) is 0 Å². The number of hydrogen-bond acceptors (Lipinski definition) is 5. The smallest absolute Gasteiger partial charge is 0.249 e. The highest BCUT2D eigenvalue weighted by molar-refractivity contribution is 5.89. The normalized spacial score (nSPS) is 21.2. The molecule has 0 radical (unpaired) electrons. The Kier molecular flexibility index (Phi) is 9.26. The van der Waals surface area contributed by atoms with Crippen LogP contribution in [0.25, 0.3) is 0 Å². The molecule has 0 saturated carbocycles.